The molecule has 1 aromatic carbocycles. The number of rotatable bonds is 4. The Hall–Kier alpha value is -2.31. The number of anilines is 1. The fourth-order valence-corrected chi connectivity index (χ4v) is 2.26. The van der Waals surface area contributed by atoms with Crippen molar-refractivity contribution in [3.8, 4) is 0 Å². The number of hydrogen-bond acceptors (Lipinski definition) is 2. The molecule has 0 saturated heterocycles. The molecule has 0 bridgehead atoms. The van der Waals surface area contributed by atoms with Crippen molar-refractivity contribution < 1.29 is 18.0 Å². The van der Waals surface area contributed by atoms with E-state index in [1.807, 2.05) is 26.0 Å². The highest BCUT2D eigenvalue weighted by atomic mass is 19.4. The highest BCUT2D eigenvalue weighted by Gasteiger charge is 2.34. The lowest BCUT2D eigenvalue weighted by Gasteiger charge is -2.14. The smallest absolute Gasteiger partial charge is 0.326 e. The summed E-state index contributed by atoms with van der Waals surface area (Å²) in [4.78, 5) is 12.3. The van der Waals surface area contributed by atoms with Crippen molar-refractivity contribution >= 4 is 11.6 Å². The summed E-state index contributed by atoms with van der Waals surface area (Å²) in [6, 6.07) is 6.55. The van der Waals surface area contributed by atoms with Crippen molar-refractivity contribution in [1.29, 1.82) is 0 Å². The molecule has 130 valence electrons. The van der Waals surface area contributed by atoms with Crippen LogP contribution in [0.25, 0.3) is 0 Å². The number of hydrogen-bond donors (Lipinski definition) is 1. The van der Waals surface area contributed by atoms with E-state index in [-0.39, 0.29) is 12.5 Å². The number of carbonyl (C=O) groups is 1. The Morgan fingerprint density at radius 1 is 1.21 bits per heavy atom. The Morgan fingerprint density at radius 2 is 1.88 bits per heavy atom. The third-order valence-corrected chi connectivity index (χ3v) is 3.94. The Labute approximate surface area is 138 Å². The first-order valence-electron chi connectivity index (χ1n) is 7.57. The Kier molecular flexibility index (Phi) is 5.01. The van der Waals surface area contributed by atoms with E-state index in [0.29, 0.717) is 11.4 Å². The summed E-state index contributed by atoms with van der Waals surface area (Å²) in [6.45, 7) is 7.20. The zero-order valence-corrected chi connectivity index (χ0v) is 14.0. The van der Waals surface area contributed by atoms with Crippen LogP contribution in [0.15, 0.2) is 24.3 Å². The summed E-state index contributed by atoms with van der Waals surface area (Å²) in [7, 11) is 0. The van der Waals surface area contributed by atoms with Crippen molar-refractivity contribution in [3.05, 3.63) is 46.8 Å². The maximum Gasteiger partial charge on any atom is 0.435 e. The number of benzene rings is 1. The highest BCUT2D eigenvalue weighted by Crippen LogP contribution is 2.28. The second kappa shape index (κ2) is 6.67. The molecule has 7 heteroatoms. The van der Waals surface area contributed by atoms with Crippen LogP contribution in [0.2, 0.25) is 0 Å². The van der Waals surface area contributed by atoms with Crippen molar-refractivity contribution in [1.82, 2.24) is 9.78 Å². The molecular weight excluding hydrogens is 319 g/mol. The van der Waals surface area contributed by atoms with E-state index in [4.69, 9.17) is 0 Å². The van der Waals surface area contributed by atoms with Crippen LogP contribution in [0.5, 0.6) is 0 Å². The summed E-state index contributed by atoms with van der Waals surface area (Å²) < 4.78 is 39.3. The molecule has 0 aliphatic heterocycles. The molecule has 2 aromatic rings. The average molecular weight is 339 g/mol. The lowest BCUT2D eigenvalue weighted by Crippen LogP contribution is -2.25. The molecule has 0 saturated carbocycles. The molecule has 0 spiro atoms. The van der Waals surface area contributed by atoms with E-state index in [0.717, 1.165) is 17.2 Å². The number of carbonyl (C=O) groups excluding carboxylic acids is 1. The van der Waals surface area contributed by atoms with Gasteiger partial charge in [-0.15, -0.1) is 0 Å². The van der Waals surface area contributed by atoms with Gasteiger partial charge in [-0.3, -0.25) is 9.48 Å². The van der Waals surface area contributed by atoms with Crippen molar-refractivity contribution in [3.63, 3.8) is 0 Å². The molecule has 1 amide bonds. The zero-order valence-electron chi connectivity index (χ0n) is 14.0. The van der Waals surface area contributed by atoms with E-state index in [9.17, 15) is 18.0 Å². The minimum absolute atomic E-state index is 0.0819. The van der Waals surface area contributed by atoms with Crippen LogP contribution in [-0.4, -0.2) is 15.7 Å². The van der Waals surface area contributed by atoms with E-state index >= 15 is 0 Å². The minimum atomic E-state index is -4.49. The molecule has 1 N–H and O–H groups in total. The standard InChI is InChI=1S/C17H20F3N3O/c1-10-5-6-14(7-11(10)2)21-16(24)12(3)9-23-13(4)8-15(22-23)17(18,19)20/h5-8,12H,9H2,1-4H3,(H,21,24)/t12-/m0/s1. The van der Waals surface area contributed by atoms with E-state index in [1.165, 1.54) is 11.6 Å². The van der Waals surface area contributed by atoms with Gasteiger partial charge in [0.15, 0.2) is 5.69 Å². The lowest BCUT2D eigenvalue weighted by molar-refractivity contribution is -0.141. The van der Waals surface area contributed by atoms with Gasteiger partial charge < -0.3 is 5.32 Å². The topological polar surface area (TPSA) is 46.9 Å². The van der Waals surface area contributed by atoms with Gasteiger partial charge in [0.25, 0.3) is 0 Å². The second-order valence-corrected chi connectivity index (χ2v) is 6.04. The first-order valence-corrected chi connectivity index (χ1v) is 7.57. The van der Waals surface area contributed by atoms with Gasteiger partial charge in [0.2, 0.25) is 5.91 Å². The molecule has 0 fully saturated rings. The van der Waals surface area contributed by atoms with Crippen LogP contribution >= 0.6 is 0 Å². The summed E-state index contributed by atoms with van der Waals surface area (Å²) in [5.74, 6) is -0.784. The van der Waals surface area contributed by atoms with Crippen LogP contribution in [0, 0.1) is 26.7 Å². The SMILES string of the molecule is Cc1ccc(NC(=O)[C@@H](C)Cn2nc(C(F)(F)F)cc2C)cc1C. The molecule has 0 unspecified atom stereocenters. The number of alkyl halides is 3. The van der Waals surface area contributed by atoms with Crippen LogP contribution < -0.4 is 5.32 Å². The number of amides is 1. The molecule has 24 heavy (non-hydrogen) atoms. The Morgan fingerprint density at radius 3 is 2.42 bits per heavy atom. The molecule has 0 aliphatic rings. The molecule has 0 radical (unpaired) electrons. The quantitative estimate of drug-likeness (QED) is 0.911. The van der Waals surface area contributed by atoms with Gasteiger partial charge in [0, 0.05) is 11.4 Å². The number of halogens is 3. The number of nitrogens with one attached hydrogen (secondary N) is 1. The van der Waals surface area contributed by atoms with Crippen LogP contribution in [0.1, 0.15) is 29.4 Å². The van der Waals surface area contributed by atoms with Gasteiger partial charge in [-0.2, -0.15) is 18.3 Å². The van der Waals surface area contributed by atoms with Gasteiger partial charge in [-0.1, -0.05) is 13.0 Å². The van der Waals surface area contributed by atoms with Crippen molar-refractivity contribution in [2.45, 2.75) is 40.4 Å². The molecule has 1 aromatic heterocycles. The monoisotopic (exact) mass is 339 g/mol. The molecule has 1 heterocycles. The number of aromatic nitrogens is 2. The lowest BCUT2D eigenvalue weighted by atomic mass is 10.1. The zero-order chi connectivity index (χ0) is 18.1. The third-order valence-electron chi connectivity index (χ3n) is 3.94. The summed E-state index contributed by atoms with van der Waals surface area (Å²) in [5, 5.41) is 6.33. The van der Waals surface area contributed by atoms with Crippen LogP contribution in [-0.2, 0) is 17.5 Å². The van der Waals surface area contributed by atoms with E-state index in [2.05, 4.69) is 10.4 Å². The van der Waals surface area contributed by atoms with Gasteiger partial charge in [0.05, 0.1) is 12.5 Å². The predicted molar refractivity (Wildman–Crippen MR) is 85.7 cm³/mol. The fourth-order valence-electron chi connectivity index (χ4n) is 2.26. The first kappa shape index (κ1) is 18.0. The third kappa shape index (κ3) is 4.15. The van der Waals surface area contributed by atoms with Crippen LogP contribution in [0.4, 0.5) is 18.9 Å². The molecule has 0 aliphatic carbocycles. The van der Waals surface area contributed by atoms with Crippen molar-refractivity contribution in [2.24, 2.45) is 5.92 Å². The molecular formula is C17H20F3N3O. The second-order valence-electron chi connectivity index (χ2n) is 6.04. The number of aryl methyl sites for hydroxylation is 3. The first-order chi connectivity index (χ1) is 11.1. The van der Waals surface area contributed by atoms with E-state index < -0.39 is 17.8 Å². The number of nitrogens with zero attached hydrogens (tertiary/aromatic N) is 2. The van der Waals surface area contributed by atoms with Gasteiger partial charge in [0.1, 0.15) is 0 Å². The fraction of sp³-hybridized carbons (Fsp3) is 0.412. The maximum absolute atomic E-state index is 12.7. The largest absolute Gasteiger partial charge is 0.435 e. The normalized spacial score (nSPS) is 13.0. The highest BCUT2D eigenvalue weighted by molar-refractivity contribution is 5.92. The molecule has 1 atom stereocenters. The Bertz CT molecular complexity index is 750. The molecule has 4 nitrogen and oxygen atoms in total. The minimum Gasteiger partial charge on any atom is -0.326 e. The maximum atomic E-state index is 12.7. The predicted octanol–water partition coefficient (Wildman–Crippen LogP) is 4.10. The Balaban J connectivity index is 2.06. The van der Waals surface area contributed by atoms with Gasteiger partial charge >= 0.3 is 6.18 Å². The summed E-state index contributed by atoms with van der Waals surface area (Å²) in [6.07, 6.45) is -4.49. The van der Waals surface area contributed by atoms with Gasteiger partial charge in [-0.25, -0.2) is 0 Å². The summed E-state index contributed by atoms with van der Waals surface area (Å²) in [5.41, 5.74) is 2.27. The average Bonchev–Trinajstić information content (AvgIpc) is 2.84. The van der Waals surface area contributed by atoms with Crippen molar-refractivity contribution in [2.75, 3.05) is 5.32 Å². The van der Waals surface area contributed by atoms with Gasteiger partial charge in [-0.05, 0) is 50.1 Å². The van der Waals surface area contributed by atoms with Crippen LogP contribution in [0.3, 0.4) is 0 Å². The molecule has 2 rings (SSSR count). The summed E-state index contributed by atoms with van der Waals surface area (Å²) >= 11 is 0. The van der Waals surface area contributed by atoms with E-state index in [1.54, 1.807) is 13.0 Å².